The van der Waals surface area contributed by atoms with E-state index >= 15 is 0 Å². The van der Waals surface area contributed by atoms with Crippen LogP contribution >= 0.6 is 0 Å². The van der Waals surface area contributed by atoms with Gasteiger partial charge in [0.05, 0.1) is 27.9 Å². The van der Waals surface area contributed by atoms with Gasteiger partial charge in [0.25, 0.3) is 0 Å². The monoisotopic (exact) mass is 444 g/mol. The maximum atomic E-state index is 9.06. The molecular weight excluding hydrogens is 416 g/mol. The third-order valence-electron chi connectivity index (χ3n) is 5.75. The average molecular weight is 445 g/mol. The fraction of sp³-hybridized carbons (Fsp3) is 0.214. The Balaban J connectivity index is 1.95. The van der Waals surface area contributed by atoms with E-state index in [0.717, 1.165) is 16.7 Å². The third kappa shape index (κ3) is 4.45. The predicted octanol–water partition coefficient (Wildman–Crippen LogP) is 5.42. The molecular formula is C28H28O5. The molecule has 5 heteroatoms. The number of methoxy groups -OCH3 is 3. The number of fused-ring (bicyclic) bond motifs is 1. The van der Waals surface area contributed by atoms with Gasteiger partial charge in [-0.1, -0.05) is 60.7 Å². The highest BCUT2D eigenvalue weighted by Crippen LogP contribution is 2.47. The molecule has 1 unspecified atom stereocenters. The summed E-state index contributed by atoms with van der Waals surface area (Å²) in [6, 6.07) is 26.6. The number of benzene rings is 4. The molecule has 0 saturated carbocycles. The first-order chi connectivity index (χ1) is 16.2. The van der Waals surface area contributed by atoms with E-state index in [0.29, 0.717) is 23.0 Å². The Morgan fingerprint density at radius 1 is 0.697 bits per heavy atom. The minimum absolute atomic E-state index is 0.0246. The van der Waals surface area contributed by atoms with Gasteiger partial charge < -0.3 is 24.1 Å². The van der Waals surface area contributed by atoms with Gasteiger partial charge >= 0.3 is 0 Å². The van der Waals surface area contributed by atoms with Gasteiger partial charge in [-0.05, 0) is 40.1 Å². The van der Waals surface area contributed by atoms with Crippen molar-refractivity contribution in [2.24, 2.45) is 0 Å². The topological polar surface area (TPSA) is 57.2 Å². The fourth-order valence-electron chi connectivity index (χ4n) is 4.30. The lowest BCUT2D eigenvalue weighted by Crippen LogP contribution is -2.08. The molecule has 0 aliphatic rings. The summed E-state index contributed by atoms with van der Waals surface area (Å²) in [5, 5.41) is 11.4. The molecule has 0 spiro atoms. The molecule has 1 atom stereocenters. The molecule has 0 saturated heterocycles. The zero-order valence-electron chi connectivity index (χ0n) is 19.1. The molecule has 0 aliphatic heterocycles. The Bertz CT molecular complexity index is 1210. The molecule has 33 heavy (non-hydrogen) atoms. The number of ether oxygens (including phenoxy) is 4. The van der Waals surface area contributed by atoms with Crippen LogP contribution < -0.4 is 18.9 Å². The van der Waals surface area contributed by atoms with Crippen LogP contribution in [-0.2, 0) is 0 Å². The van der Waals surface area contributed by atoms with Gasteiger partial charge in [-0.3, -0.25) is 0 Å². The summed E-state index contributed by atoms with van der Waals surface area (Å²) in [7, 11) is 4.88. The largest absolute Gasteiger partial charge is 0.493 e. The maximum Gasteiger partial charge on any atom is 0.203 e. The maximum absolute atomic E-state index is 9.06. The summed E-state index contributed by atoms with van der Waals surface area (Å²) in [5.41, 5.74) is 3.20. The van der Waals surface area contributed by atoms with Gasteiger partial charge in [0.15, 0.2) is 11.5 Å². The van der Waals surface area contributed by atoms with Gasteiger partial charge in [-0.25, -0.2) is 0 Å². The number of rotatable bonds is 9. The molecule has 0 fully saturated rings. The number of aliphatic hydroxyl groups is 1. The second kappa shape index (κ2) is 10.3. The number of aliphatic hydroxyl groups excluding tert-OH is 1. The van der Waals surface area contributed by atoms with Crippen molar-refractivity contribution in [1.29, 1.82) is 0 Å². The Morgan fingerprint density at radius 3 is 2.12 bits per heavy atom. The van der Waals surface area contributed by atoms with Crippen LogP contribution in [-0.4, -0.2) is 39.6 Å². The second-order valence-electron chi connectivity index (χ2n) is 7.57. The van der Waals surface area contributed by atoms with Crippen LogP contribution in [0.2, 0.25) is 0 Å². The van der Waals surface area contributed by atoms with E-state index in [1.807, 2.05) is 30.3 Å². The third-order valence-corrected chi connectivity index (χ3v) is 5.75. The van der Waals surface area contributed by atoms with Crippen LogP contribution in [0.5, 0.6) is 23.0 Å². The van der Waals surface area contributed by atoms with Crippen molar-refractivity contribution in [2.75, 3.05) is 34.5 Å². The summed E-state index contributed by atoms with van der Waals surface area (Å²) in [6.45, 7) is 0.235. The SMILES string of the molecule is COc1ccc(C(c2ccc(OCCO)cc2)c2cccc3ccccc23)c(OC)c1OC. The number of hydrogen-bond donors (Lipinski definition) is 1. The van der Waals surface area contributed by atoms with Gasteiger partial charge in [-0.2, -0.15) is 0 Å². The lowest BCUT2D eigenvalue weighted by Gasteiger charge is -2.25. The highest BCUT2D eigenvalue weighted by molar-refractivity contribution is 5.87. The Kier molecular flexibility index (Phi) is 7.01. The minimum atomic E-state index is -0.127. The van der Waals surface area contributed by atoms with E-state index in [1.165, 1.54) is 10.8 Å². The van der Waals surface area contributed by atoms with Crippen LogP contribution in [0.25, 0.3) is 10.8 Å². The van der Waals surface area contributed by atoms with E-state index in [-0.39, 0.29) is 19.1 Å². The normalized spacial score (nSPS) is 11.8. The summed E-state index contributed by atoms with van der Waals surface area (Å²) in [5.74, 6) is 2.39. The van der Waals surface area contributed by atoms with Gasteiger partial charge in [0.1, 0.15) is 12.4 Å². The van der Waals surface area contributed by atoms with E-state index < -0.39 is 0 Å². The van der Waals surface area contributed by atoms with Crippen LogP contribution in [0.1, 0.15) is 22.6 Å². The first-order valence-electron chi connectivity index (χ1n) is 10.8. The molecule has 0 amide bonds. The first kappa shape index (κ1) is 22.5. The van der Waals surface area contributed by atoms with Crippen molar-refractivity contribution in [3.05, 3.63) is 95.6 Å². The standard InChI is InChI=1S/C28H28O5/c1-30-25-16-15-24(27(31-2)28(25)32-3)26(20-11-13-21(14-12-20)33-18-17-29)23-10-6-8-19-7-4-5-9-22(19)23/h4-16,26,29H,17-18H2,1-3H3. The number of hydrogen-bond acceptors (Lipinski definition) is 5. The van der Waals surface area contributed by atoms with Gasteiger partial charge in [-0.15, -0.1) is 0 Å². The van der Waals surface area contributed by atoms with Crippen molar-refractivity contribution >= 4 is 10.8 Å². The van der Waals surface area contributed by atoms with Crippen LogP contribution in [0, 0.1) is 0 Å². The quantitative estimate of drug-likeness (QED) is 0.350. The lowest BCUT2D eigenvalue weighted by molar-refractivity contribution is 0.201. The van der Waals surface area contributed by atoms with Gasteiger partial charge in [0, 0.05) is 11.5 Å². The van der Waals surface area contributed by atoms with Crippen LogP contribution in [0.3, 0.4) is 0 Å². The summed E-state index contributed by atoms with van der Waals surface area (Å²) < 4.78 is 22.6. The first-order valence-corrected chi connectivity index (χ1v) is 10.8. The average Bonchev–Trinajstić information content (AvgIpc) is 2.88. The smallest absolute Gasteiger partial charge is 0.203 e. The fourth-order valence-corrected chi connectivity index (χ4v) is 4.30. The van der Waals surface area contributed by atoms with Crippen molar-refractivity contribution in [1.82, 2.24) is 0 Å². The van der Waals surface area contributed by atoms with Crippen LogP contribution in [0.4, 0.5) is 0 Å². The molecule has 0 radical (unpaired) electrons. The highest BCUT2D eigenvalue weighted by Gasteiger charge is 2.26. The predicted molar refractivity (Wildman–Crippen MR) is 130 cm³/mol. The summed E-state index contributed by atoms with van der Waals surface area (Å²) in [4.78, 5) is 0. The lowest BCUT2D eigenvalue weighted by atomic mass is 9.82. The summed E-state index contributed by atoms with van der Waals surface area (Å²) >= 11 is 0. The zero-order valence-corrected chi connectivity index (χ0v) is 19.1. The molecule has 4 aromatic carbocycles. The molecule has 5 nitrogen and oxygen atoms in total. The Hall–Kier alpha value is -3.70. The summed E-state index contributed by atoms with van der Waals surface area (Å²) in [6.07, 6.45) is 0. The second-order valence-corrected chi connectivity index (χ2v) is 7.57. The van der Waals surface area contributed by atoms with Gasteiger partial charge in [0.2, 0.25) is 5.75 Å². The van der Waals surface area contributed by atoms with E-state index in [2.05, 4.69) is 48.5 Å². The highest BCUT2D eigenvalue weighted by atomic mass is 16.5. The molecule has 0 heterocycles. The molecule has 4 rings (SSSR count). The van der Waals surface area contributed by atoms with Crippen molar-refractivity contribution < 1.29 is 24.1 Å². The van der Waals surface area contributed by atoms with Crippen molar-refractivity contribution in [2.45, 2.75) is 5.92 Å². The minimum Gasteiger partial charge on any atom is -0.493 e. The van der Waals surface area contributed by atoms with Crippen molar-refractivity contribution in [3.63, 3.8) is 0 Å². The van der Waals surface area contributed by atoms with E-state index in [9.17, 15) is 0 Å². The van der Waals surface area contributed by atoms with Crippen molar-refractivity contribution in [3.8, 4) is 23.0 Å². The van der Waals surface area contributed by atoms with E-state index in [1.54, 1.807) is 21.3 Å². The Labute approximate surface area is 194 Å². The molecule has 0 aliphatic carbocycles. The molecule has 1 N–H and O–H groups in total. The van der Waals surface area contributed by atoms with Crippen LogP contribution in [0.15, 0.2) is 78.9 Å². The zero-order chi connectivity index (χ0) is 23.2. The molecule has 0 aromatic heterocycles. The molecule has 170 valence electrons. The Morgan fingerprint density at radius 2 is 1.42 bits per heavy atom. The molecule has 4 aromatic rings. The molecule has 0 bridgehead atoms. The van der Waals surface area contributed by atoms with E-state index in [4.69, 9.17) is 24.1 Å².